The Balaban J connectivity index is 1.99. The molecule has 1 fully saturated rings. The molecule has 0 aliphatic heterocycles. The molecule has 1 N–H and O–H groups in total. The second kappa shape index (κ2) is 5.23. The maximum Gasteiger partial charge on any atom is 0.356 e. The second-order valence-electron chi connectivity index (χ2n) is 5.55. The van der Waals surface area contributed by atoms with Crippen LogP contribution in [-0.4, -0.2) is 25.7 Å². The number of carbonyl (C=O) groups is 1. The fraction of sp³-hybridized carbons (Fsp3) is 0.533. The molecule has 1 aliphatic carbocycles. The van der Waals surface area contributed by atoms with Crippen LogP contribution in [0.15, 0.2) is 12.1 Å². The van der Waals surface area contributed by atoms with Crippen molar-refractivity contribution in [1.82, 2.24) is 14.6 Å². The first-order valence-corrected chi connectivity index (χ1v) is 7.29. The fourth-order valence-electron chi connectivity index (χ4n) is 3.07. The van der Waals surface area contributed by atoms with Crippen molar-refractivity contribution in [3.63, 3.8) is 0 Å². The number of fused-ring (bicyclic) bond motifs is 1. The molecule has 1 saturated carbocycles. The third-order valence-electron chi connectivity index (χ3n) is 4.11. The summed E-state index contributed by atoms with van der Waals surface area (Å²) in [7, 11) is 0. The number of carboxylic acid groups (broad SMARTS) is 1. The number of aryl methyl sites for hydroxylation is 1. The lowest BCUT2D eigenvalue weighted by Gasteiger charge is -2.10. The van der Waals surface area contributed by atoms with E-state index in [4.69, 9.17) is 5.11 Å². The fourth-order valence-corrected chi connectivity index (χ4v) is 3.07. The average molecular weight is 273 g/mol. The van der Waals surface area contributed by atoms with Gasteiger partial charge in [-0.15, -0.1) is 0 Å². The van der Waals surface area contributed by atoms with Gasteiger partial charge in [-0.3, -0.25) is 0 Å². The van der Waals surface area contributed by atoms with Gasteiger partial charge in [-0.05, 0) is 24.8 Å². The summed E-state index contributed by atoms with van der Waals surface area (Å²) in [4.78, 5) is 15.6. The average Bonchev–Trinajstić information content (AvgIpc) is 3.06. The van der Waals surface area contributed by atoms with E-state index in [1.54, 1.807) is 10.6 Å². The summed E-state index contributed by atoms with van der Waals surface area (Å²) in [5, 5.41) is 13.2. The first-order chi connectivity index (χ1) is 9.67. The Morgan fingerprint density at radius 1 is 1.40 bits per heavy atom. The molecular formula is C15H19N3O2. The van der Waals surface area contributed by atoms with Crippen molar-refractivity contribution in [3.05, 3.63) is 29.2 Å². The van der Waals surface area contributed by atoms with Crippen LogP contribution < -0.4 is 0 Å². The van der Waals surface area contributed by atoms with Crippen molar-refractivity contribution in [1.29, 1.82) is 0 Å². The number of aromatic nitrogens is 3. The minimum Gasteiger partial charge on any atom is -0.476 e. The monoisotopic (exact) mass is 273 g/mol. The van der Waals surface area contributed by atoms with Gasteiger partial charge in [0.25, 0.3) is 0 Å². The Labute approximate surface area is 117 Å². The standard InChI is InChI=1S/C15H19N3O2/c1-2-12-8-11(7-10-5-3-4-6-10)16-14-9-13(15(19)20)17-18(12)14/h8-10H,2-7H2,1H3,(H,19,20). The van der Waals surface area contributed by atoms with Gasteiger partial charge in [-0.25, -0.2) is 14.3 Å². The lowest BCUT2D eigenvalue weighted by atomic mass is 10.0. The smallest absolute Gasteiger partial charge is 0.356 e. The van der Waals surface area contributed by atoms with E-state index in [0.29, 0.717) is 5.65 Å². The number of hydrogen-bond acceptors (Lipinski definition) is 3. The van der Waals surface area contributed by atoms with Crippen LogP contribution in [0.3, 0.4) is 0 Å². The largest absolute Gasteiger partial charge is 0.476 e. The Kier molecular flexibility index (Phi) is 3.42. The van der Waals surface area contributed by atoms with Crippen LogP contribution >= 0.6 is 0 Å². The number of rotatable bonds is 4. The highest BCUT2D eigenvalue weighted by atomic mass is 16.4. The highest BCUT2D eigenvalue weighted by Gasteiger charge is 2.18. The van der Waals surface area contributed by atoms with E-state index in [0.717, 1.165) is 30.1 Å². The molecule has 0 spiro atoms. The van der Waals surface area contributed by atoms with Crippen LogP contribution in [-0.2, 0) is 12.8 Å². The third kappa shape index (κ3) is 2.40. The van der Waals surface area contributed by atoms with Crippen LogP contribution in [0.2, 0.25) is 0 Å². The van der Waals surface area contributed by atoms with E-state index in [1.807, 2.05) is 0 Å². The van der Waals surface area contributed by atoms with Crippen LogP contribution in [0.25, 0.3) is 5.65 Å². The van der Waals surface area contributed by atoms with Crippen molar-refractivity contribution in [2.45, 2.75) is 45.4 Å². The molecule has 0 saturated heterocycles. The molecule has 5 heteroatoms. The van der Waals surface area contributed by atoms with Crippen molar-refractivity contribution >= 4 is 11.6 Å². The van der Waals surface area contributed by atoms with Crippen molar-refractivity contribution in [3.8, 4) is 0 Å². The lowest BCUT2D eigenvalue weighted by molar-refractivity contribution is 0.0690. The zero-order chi connectivity index (χ0) is 14.1. The molecule has 1 aliphatic rings. The summed E-state index contributed by atoms with van der Waals surface area (Å²) in [6, 6.07) is 3.63. The van der Waals surface area contributed by atoms with Crippen LogP contribution in [0.1, 0.15) is 54.5 Å². The first-order valence-electron chi connectivity index (χ1n) is 7.29. The summed E-state index contributed by atoms with van der Waals surface area (Å²) in [6.07, 6.45) is 7.03. The molecule has 0 amide bonds. The summed E-state index contributed by atoms with van der Waals surface area (Å²) in [5.74, 6) is -0.272. The van der Waals surface area contributed by atoms with Crippen LogP contribution in [0.4, 0.5) is 0 Å². The molecule has 2 aromatic heterocycles. The Morgan fingerprint density at radius 2 is 2.15 bits per heavy atom. The minimum atomic E-state index is -1.00. The van der Waals surface area contributed by atoms with E-state index in [2.05, 4.69) is 23.1 Å². The molecule has 2 aromatic rings. The SMILES string of the molecule is CCc1cc(CC2CCCC2)nc2cc(C(=O)O)nn12. The van der Waals surface area contributed by atoms with Crippen molar-refractivity contribution in [2.75, 3.05) is 0 Å². The predicted octanol–water partition coefficient (Wildman–Crippen LogP) is 2.72. The lowest BCUT2D eigenvalue weighted by Crippen LogP contribution is -2.07. The van der Waals surface area contributed by atoms with E-state index >= 15 is 0 Å². The molecule has 5 nitrogen and oxygen atoms in total. The first kappa shape index (κ1) is 13.1. The number of nitrogens with zero attached hydrogens (tertiary/aromatic N) is 3. The zero-order valence-corrected chi connectivity index (χ0v) is 11.7. The van der Waals surface area contributed by atoms with E-state index in [1.165, 1.54) is 25.7 Å². The van der Waals surface area contributed by atoms with Crippen LogP contribution in [0, 0.1) is 5.92 Å². The van der Waals surface area contributed by atoms with Gasteiger partial charge in [0.05, 0.1) is 0 Å². The van der Waals surface area contributed by atoms with Crippen molar-refractivity contribution < 1.29 is 9.90 Å². The molecule has 106 valence electrons. The molecule has 3 rings (SSSR count). The van der Waals surface area contributed by atoms with E-state index in [9.17, 15) is 4.79 Å². The summed E-state index contributed by atoms with van der Waals surface area (Å²) < 4.78 is 1.65. The van der Waals surface area contributed by atoms with Gasteiger partial charge < -0.3 is 5.11 Å². The van der Waals surface area contributed by atoms with E-state index < -0.39 is 5.97 Å². The molecule has 0 radical (unpaired) electrons. The van der Waals surface area contributed by atoms with Gasteiger partial charge in [0, 0.05) is 17.5 Å². The van der Waals surface area contributed by atoms with Gasteiger partial charge >= 0.3 is 5.97 Å². The van der Waals surface area contributed by atoms with Gasteiger partial charge in [0.1, 0.15) is 0 Å². The molecule has 0 unspecified atom stereocenters. The quantitative estimate of drug-likeness (QED) is 0.930. The maximum absolute atomic E-state index is 11.0. The summed E-state index contributed by atoms with van der Waals surface area (Å²) >= 11 is 0. The molecule has 0 atom stereocenters. The molecule has 2 heterocycles. The maximum atomic E-state index is 11.0. The highest BCUT2D eigenvalue weighted by Crippen LogP contribution is 2.28. The molecule has 0 bridgehead atoms. The van der Waals surface area contributed by atoms with Crippen molar-refractivity contribution in [2.24, 2.45) is 5.92 Å². The van der Waals surface area contributed by atoms with Gasteiger partial charge in [-0.2, -0.15) is 5.10 Å². The van der Waals surface area contributed by atoms with Gasteiger partial charge in [0.15, 0.2) is 11.3 Å². The normalized spacial score (nSPS) is 16.1. The topological polar surface area (TPSA) is 67.5 Å². The van der Waals surface area contributed by atoms with Crippen LogP contribution in [0.5, 0.6) is 0 Å². The Morgan fingerprint density at radius 3 is 2.80 bits per heavy atom. The second-order valence-corrected chi connectivity index (χ2v) is 5.55. The minimum absolute atomic E-state index is 0.0604. The van der Waals surface area contributed by atoms with Gasteiger partial charge in [-0.1, -0.05) is 32.6 Å². The molecule has 20 heavy (non-hydrogen) atoms. The Bertz CT molecular complexity index is 642. The third-order valence-corrected chi connectivity index (χ3v) is 4.11. The zero-order valence-electron chi connectivity index (χ0n) is 11.7. The van der Waals surface area contributed by atoms with E-state index in [-0.39, 0.29) is 5.69 Å². The Hall–Kier alpha value is -1.91. The number of carboxylic acids is 1. The van der Waals surface area contributed by atoms with Gasteiger partial charge in [0.2, 0.25) is 0 Å². The predicted molar refractivity (Wildman–Crippen MR) is 75.0 cm³/mol. The molecule has 0 aromatic carbocycles. The summed E-state index contributed by atoms with van der Waals surface area (Å²) in [5.41, 5.74) is 2.80. The number of aromatic carboxylic acids is 1. The number of hydrogen-bond donors (Lipinski definition) is 1. The highest BCUT2D eigenvalue weighted by molar-refractivity contribution is 5.86. The molecular weight excluding hydrogens is 254 g/mol. The summed E-state index contributed by atoms with van der Waals surface area (Å²) in [6.45, 7) is 2.05.